The third-order valence-electron chi connectivity index (χ3n) is 3.89. The molecule has 0 bridgehead atoms. The molecule has 4 heteroatoms. The monoisotopic (exact) mass is 262 g/mol. The van der Waals surface area contributed by atoms with Gasteiger partial charge in [-0.15, -0.1) is 0 Å². The normalized spacial score (nSPS) is 18.1. The summed E-state index contributed by atoms with van der Waals surface area (Å²) < 4.78 is 0. The Morgan fingerprint density at radius 1 is 1.37 bits per heavy atom. The van der Waals surface area contributed by atoms with Gasteiger partial charge in [0.05, 0.1) is 11.5 Å². The predicted molar refractivity (Wildman–Crippen MR) is 75.6 cm³/mol. The van der Waals surface area contributed by atoms with Gasteiger partial charge in [-0.3, -0.25) is 4.79 Å². The molecular weight excluding hydrogens is 240 g/mol. The van der Waals surface area contributed by atoms with Gasteiger partial charge in [-0.1, -0.05) is 26.0 Å². The minimum absolute atomic E-state index is 0.0111. The molecule has 1 unspecified atom stereocenters. The first-order valence-electron chi connectivity index (χ1n) is 6.78. The van der Waals surface area contributed by atoms with Crippen molar-refractivity contribution in [3.8, 4) is 0 Å². The molecule has 0 heterocycles. The highest BCUT2D eigenvalue weighted by atomic mass is 16.3. The quantitative estimate of drug-likeness (QED) is 0.703. The molecule has 0 spiro atoms. The predicted octanol–water partition coefficient (Wildman–Crippen LogP) is 1.43. The van der Waals surface area contributed by atoms with E-state index >= 15 is 0 Å². The highest BCUT2D eigenvalue weighted by Crippen LogP contribution is 2.48. The third kappa shape index (κ3) is 2.89. The summed E-state index contributed by atoms with van der Waals surface area (Å²) in [6.45, 7) is 4.18. The molecule has 19 heavy (non-hydrogen) atoms. The van der Waals surface area contributed by atoms with Crippen LogP contribution in [0.1, 0.15) is 32.3 Å². The van der Waals surface area contributed by atoms with Gasteiger partial charge in [0.2, 0.25) is 5.91 Å². The number of amides is 1. The summed E-state index contributed by atoms with van der Waals surface area (Å²) in [7, 11) is 0. The number of carbonyl (C=O) groups excluding carboxylic acids is 1. The van der Waals surface area contributed by atoms with E-state index in [-0.39, 0.29) is 11.8 Å². The van der Waals surface area contributed by atoms with Gasteiger partial charge < -0.3 is 16.2 Å². The number of hydrogen-bond acceptors (Lipinski definition) is 3. The Hall–Kier alpha value is -1.55. The van der Waals surface area contributed by atoms with Gasteiger partial charge in [0.15, 0.2) is 0 Å². The molecular formula is C15H22N2O2. The first kappa shape index (κ1) is 13.9. The van der Waals surface area contributed by atoms with Gasteiger partial charge in [-0.05, 0) is 36.5 Å². The maximum absolute atomic E-state index is 12.3. The van der Waals surface area contributed by atoms with Crippen molar-refractivity contribution in [1.29, 1.82) is 0 Å². The highest BCUT2D eigenvalue weighted by molar-refractivity contribution is 5.91. The summed E-state index contributed by atoms with van der Waals surface area (Å²) in [6, 6.07) is 7.48. The van der Waals surface area contributed by atoms with Crippen molar-refractivity contribution < 1.29 is 9.90 Å². The van der Waals surface area contributed by atoms with Crippen LogP contribution >= 0.6 is 0 Å². The molecule has 0 radical (unpaired) electrons. The summed E-state index contributed by atoms with van der Waals surface area (Å²) in [5.74, 6) is 0.156. The SMILES string of the molecule is CC(C)C(O)CNC(=O)C1(c2ccc(N)cc2)CC1. The zero-order valence-electron chi connectivity index (χ0n) is 11.5. The molecule has 4 nitrogen and oxygen atoms in total. The summed E-state index contributed by atoms with van der Waals surface area (Å²) >= 11 is 0. The zero-order valence-corrected chi connectivity index (χ0v) is 11.5. The van der Waals surface area contributed by atoms with Crippen molar-refractivity contribution in [2.75, 3.05) is 12.3 Å². The average Bonchev–Trinajstić information content (AvgIpc) is 3.17. The van der Waals surface area contributed by atoms with E-state index in [2.05, 4.69) is 5.32 Å². The molecule has 1 atom stereocenters. The number of aliphatic hydroxyl groups is 1. The number of rotatable bonds is 5. The van der Waals surface area contributed by atoms with Gasteiger partial charge in [0.1, 0.15) is 0 Å². The first-order chi connectivity index (χ1) is 8.95. The molecule has 0 aliphatic heterocycles. The number of nitrogen functional groups attached to an aromatic ring is 1. The van der Waals surface area contributed by atoms with E-state index in [9.17, 15) is 9.90 Å². The van der Waals surface area contributed by atoms with E-state index in [1.165, 1.54) is 0 Å². The summed E-state index contributed by atoms with van der Waals surface area (Å²) in [4.78, 5) is 12.3. The molecule has 0 saturated heterocycles. The topological polar surface area (TPSA) is 75.3 Å². The van der Waals surface area contributed by atoms with Gasteiger partial charge in [0, 0.05) is 12.2 Å². The minimum atomic E-state index is -0.494. The largest absolute Gasteiger partial charge is 0.399 e. The zero-order chi connectivity index (χ0) is 14.0. The lowest BCUT2D eigenvalue weighted by Gasteiger charge is -2.19. The molecule has 4 N–H and O–H groups in total. The fourth-order valence-corrected chi connectivity index (χ4v) is 2.18. The van der Waals surface area contributed by atoms with Crippen molar-refractivity contribution in [3.63, 3.8) is 0 Å². The molecule has 2 rings (SSSR count). The molecule has 1 amide bonds. The van der Waals surface area contributed by atoms with E-state index in [0.717, 1.165) is 18.4 Å². The van der Waals surface area contributed by atoms with Crippen LogP contribution in [0.15, 0.2) is 24.3 Å². The Labute approximate surface area is 114 Å². The van der Waals surface area contributed by atoms with Crippen molar-refractivity contribution in [1.82, 2.24) is 5.32 Å². The average molecular weight is 262 g/mol. The Morgan fingerprint density at radius 2 is 1.95 bits per heavy atom. The number of benzene rings is 1. The molecule has 1 aliphatic carbocycles. The summed E-state index contributed by atoms with van der Waals surface area (Å²) in [5.41, 5.74) is 6.98. The lowest BCUT2D eigenvalue weighted by Crippen LogP contribution is -2.40. The van der Waals surface area contributed by atoms with Crippen LogP contribution in [0.2, 0.25) is 0 Å². The van der Waals surface area contributed by atoms with Crippen LogP contribution in [0.25, 0.3) is 0 Å². The Balaban J connectivity index is 2.00. The fraction of sp³-hybridized carbons (Fsp3) is 0.533. The van der Waals surface area contributed by atoms with Crippen LogP contribution in [-0.4, -0.2) is 23.7 Å². The number of carbonyl (C=O) groups is 1. The Bertz CT molecular complexity index is 450. The van der Waals surface area contributed by atoms with Crippen LogP contribution in [0, 0.1) is 5.92 Å². The Morgan fingerprint density at radius 3 is 2.42 bits per heavy atom. The van der Waals surface area contributed by atoms with E-state index in [1.54, 1.807) is 0 Å². The second-order valence-corrected chi connectivity index (χ2v) is 5.73. The van der Waals surface area contributed by atoms with Crippen LogP contribution in [0.3, 0.4) is 0 Å². The van der Waals surface area contributed by atoms with Gasteiger partial charge >= 0.3 is 0 Å². The molecule has 104 valence electrons. The van der Waals surface area contributed by atoms with E-state index < -0.39 is 11.5 Å². The second kappa shape index (κ2) is 5.21. The van der Waals surface area contributed by atoms with Crippen molar-refractivity contribution in [2.24, 2.45) is 5.92 Å². The molecule has 1 saturated carbocycles. The van der Waals surface area contributed by atoms with E-state index in [1.807, 2.05) is 38.1 Å². The second-order valence-electron chi connectivity index (χ2n) is 5.73. The van der Waals surface area contributed by atoms with Gasteiger partial charge in [-0.2, -0.15) is 0 Å². The maximum atomic E-state index is 12.3. The van der Waals surface area contributed by atoms with Crippen LogP contribution in [0.5, 0.6) is 0 Å². The minimum Gasteiger partial charge on any atom is -0.399 e. The Kier molecular flexibility index (Phi) is 3.80. The standard InChI is InChI=1S/C15H22N2O2/c1-10(2)13(18)9-17-14(19)15(7-8-15)11-3-5-12(16)6-4-11/h3-6,10,13,18H,7-9,16H2,1-2H3,(H,17,19). The van der Waals surface area contributed by atoms with Crippen LogP contribution in [0.4, 0.5) is 5.69 Å². The number of aliphatic hydroxyl groups excluding tert-OH is 1. The van der Waals surface area contributed by atoms with Crippen molar-refractivity contribution >= 4 is 11.6 Å². The van der Waals surface area contributed by atoms with E-state index in [4.69, 9.17) is 5.73 Å². The highest BCUT2D eigenvalue weighted by Gasteiger charge is 2.51. The number of anilines is 1. The molecule has 1 aliphatic rings. The van der Waals surface area contributed by atoms with Crippen molar-refractivity contribution in [2.45, 2.75) is 38.2 Å². The number of hydrogen-bond donors (Lipinski definition) is 3. The summed E-state index contributed by atoms with van der Waals surface area (Å²) in [6.07, 6.45) is 1.23. The molecule has 1 fully saturated rings. The third-order valence-corrected chi connectivity index (χ3v) is 3.89. The fourth-order valence-electron chi connectivity index (χ4n) is 2.18. The number of nitrogens with two attached hydrogens (primary N) is 1. The molecule has 0 aromatic heterocycles. The lowest BCUT2D eigenvalue weighted by molar-refractivity contribution is -0.124. The maximum Gasteiger partial charge on any atom is 0.230 e. The van der Waals surface area contributed by atoms with Gasteiger partial charge in [-0.25, -0.2) is 0 Å². The van der Waals surface area contributed by atoms with Gasteiger partial charge in [0.25, 0.3) is 0 Å². The lowest BCUT2D eigenvalue weighted by atomic mass is 9.94. The molecule has 1 aromatic carbocycles. The number of nitrogens with one attached hydrogen (secondary N) is 1. The van der Waals surface area contributed by atoms with Crippen LogP contribution in [-0.2, 0) is 10.2 Å². The molecule has 1 aromatic rings. The summed E-state index contributed by atoms with van der Waals surface area (Å²) in [5, 5.41) is 12.6. The first-order valence-corrected chi connectivity index (χ1v) is 6.78. The van der Waals surface area contributed by atoms with Crippen molar-refractivity contribution in [3.05, 3.63) is 29.8 Å². The van der Waals surface area contributed by atoms with Crippen LogP contribution < -0.4 is 11.1 Å². The van der Waals surface area contributed by atoms with E-state index in [0.29, 0.717) is 12.2 Å². The smallest absolute Gasteiger partial charge is 0.230 e.